The van der Waals surface area contributed by atoms with Crippen molar-refractivity contribution < 1.29 is 32.6 Å². The lowest BCUT2D eigenvalue weighted by atomic mass is 10.2. The predicted octanol–water partition coefficient (Wildman–Crippen LogP) is 4.91. The summed E-state index contributed by atoms with van der Waals surface area (Å²) < 4.78 is 44.6. The van der Waals surface area contributed by atoms with Crippen LogP contribution in [0.4, 0.5) is 29.3 Å². The van der Waals surface area contributed by atoms with Gasteiger partial charge in [-0.15, -0.1) is 0 Å². The van der Waals surface area contributed by atoms with Crippen LogP contribution < -0.4 is 20.7 Å². The van der Waals surface area contributed by atoms with E-state index in [0.717, 1.165) is 12.1 Å². The lowest BCUT2D eigenvalue weighted by molar-refractivity contribution is -0.137. The van der Waals surface area contributed by atoms with Crippen LogP contribution in [0.5, 0.6) is 11.5 Å². The van der Waals surface area contributed by atoms with E-state index in [1.54, 1.807) is 18.2 Å². The van der Waals surface area contributed by atoms with E-state index in [1.165, 1.54) is 30.5 Å². The normalized spacial score (nSPS) is 11.0. The summed E-state index contributed by atoms with van der Waals surface area (Å²) in [6, 6.07) is 11.4. The molecule has 0 unspecified atom stereocenters. The standard InChI is InChI=1S/C22H18ClF3N4O4/c23-18-6-3-14(11-17(18)22(24,25)26)30-21(33)29-13-1-4-15(5-2-13)34-16-7-8-27-19(12-16)20(32)28-9-10-31/h1-8,11-12,31H,9-10H2,(H,28,32)(H2,29,30,33). The molecule has 1 heterocycles. The van der Waals surface area contributed by atoms with E-state index in [9.17, 15) is 22.8 Å². The van der Waals surface area contributed by atoms with Crippen molar-refractivity contribution in [3.63, 3.8) is 0 Å². The van der Waals surface area contributed by atoms with Gasteiger partial charge in [0.25, 0.3) is 5.91 Å². The van der Waals surface area contributed by atoms with Crippen LogP contribution in [0.2, 0.25) is 5.02 Å². The third kappa shape index (κ3) is 6.83. The van der Waals surface area contributed by atoms with E-state index >= 15 is 0 Å². The summed E-state index contributed by atoms with van der Waals surface area (Å²) in [4.78, 5) is 28.0. The van der Waals surface area contributed by atoms with Gasteiger partial charge in [-0.05, 0) is 48.5 Å². The van der Waals surface area contributed by atoms with Crippen LogP contribution in [0.3, 0.4) is 0 Å². The highest BCUT2D eigenvalue weighted by Crippen LogP contribution is 2.36. The molecule has 0 aliphatic carbocycles. The van der Waals surface area contributed by atoms with Crippen LogP contribution in [0.25, 0.3) is 0 Å². The number of nitrogens with zero attached hydrogens (tertiary/aromatic N) is 1. The van der Waals surface area contributed by atoms with Gasteiger partial charge >= 0.3 is 12.2 Å². The van der Waals surface area contributed by atoms with Crippen molar-refractivity contribution in [1.82, 2.24) is 10.3 Å². The SMILES string of the molecule is O=C(Nc1ccc(Oc2ccnc(C(=O)NCCO)c2)cc1)Nc1ccc(Cl)c(C(F)(F)F)c1. The first-order chi connectivity index (χ1) is 16.2. The van der Waals surface area contributed by atoms with E-state index < -0.39 is 28.7 Å². The van der Waals surface area contributed by atoms with Crippen molar-refractivity contribution in [1.29, 1.82) is 0 Å². The number of urea groups is 1. The number of aromatic nitrogens is 1. The van der Waals surface area contributed by atoms with Crippen LogP contribution in [0, 0.1) is 0 Å². The summed E-state index contributed by atoms with van der Waals surface area (Å²) in [7, 11) is 0. The number of aliphatic hydroxyl groups excluding tert-OH is 1. The van der Waals surface area contributed by atoms with Gasteiger partial charge in [0.1, 0.15) is 17.2 Å². The number of nitrogens with one attached hydrogen (secondary N) is 3. The number of aliphatic hydroxyl groups is 1. The number of pyridine rings is 1. The number of alkyl halides is 3. The third-order valence-corrected chi connectivity index (χ3v) is 4.57. The number of halogens is 4. The molecule has 3 amide bonds. The number of benzene rings is 2. The molecule has 178 valence electrons. The maximum atomic E-state index is 13.0. The van der Waals surface area contributed by atoms with Crippen LogP contribution in [0.15, 0.2) is 60.8 Å². The molecule has 34 heavy (non-hydrogen) atoms. The number of anilines is 2. The fourth-order valence-electron chi connectivity index (χ4n) is 2.71. The van der Waals surface area contributed by atoms with Crippen molar-refractivity contribution in [3.05, 3.63) is 77.1 Å². The van der Waals surface area contributed by atoms with Crippen molar-refractivity contribution in [2.75, 3.05) is 23.8 Å². The van der Waals surface area contributed by atoms with Crippen molar-refractivity contribution in [3.8, 4) is 11.5 Å². The maximum absolute atomic E-state index is 13.0. The van der Waals surface area contributed by atoms with Crippen LogP contribution in [-0.4, -0.2) is 35.2 Å². The summed E-state index contributed by atoms with van der Waals surface area (Å²) in [5.74, 6) is 0.269. The topological polar surface area (TPSA) is 113 Å². The molecule has 0 spiro atoms. The minimum absolute atomic E-state index is 0.0781. The first kappa shape index (κ1) is 24.8. The lowest BCUT2D eigenvalue weighted by Gasteiger charge is -2.12. The number of hydrogen-bond donors (Lipinski definition) is 4. The monoisotopic (exact) mass is 494 g/mol. The molecule has 0 bridgehead atoms. The molecule has 3 rings (SSSR count). The van der Waals surface area contributed by atoms with E-state index in [1.807, 2.05) is 0 Å². The number of rotatable bonds is 7. The Morgan fingerprint density at radius 2 is 1.65 bits per heavy atom. The minimum atomic E-state index is -4.65. The lowest BCUT2D eigenvalue weighted by Crippen LogP contribution is -2.27. The van der Waals surface area contributed by atoms with E-state index in [-0.39, 0.29) is 24.5 Å². The number of amides is 3. The van der Waals surface area contributed by atoms with Gasteiger partial charge in [0, 0.05) is 30.2 Å². The Kier molecular flexibility index (Phi) is 7.92. The Labute approximate surface area is 196 Å². The van der Waals surface area contributed by atoms with Gasteiger partial charge in [-0.25, -0.2) is 4.79 Å². The Morgan fingerprint density at radius 3 is 2.32 bits per heavy atom. The molecule has 0 fully saturated rings. The molecule has 4 N–H and O–H groups in total. The molecule has 1 aromatic heterocycles. The second-order valence-electron chi connectivity index (χ2n) is 6.75. The fourth-order valence-corrected chi connectivity index (χ4v) is 2.94. The summed E-state index contributed by atoms with van der Waals surface area (Å²) in [5.41, 5.74) is -0.672. The first-order valence-electron chi connectivity index (χ1n) is 9.73. The summed E-state index contributed by atoms with van der Waals surface area (Å²) in [6.45, 7) is -0.107. The Bertz CT molecular complexity index is 1170. The van der Waals surface area contributed by atoms with Crippen LogP contribution >= 0.6 is 11.6 Å². The van der Waals surface area contributed by atoms with Gasteiger partial charge in [-0.1, -0.05) is 11.6 Å². The van der Waals surface area contributed by atoms with Crippen molar-refractivity contribution in [2.45, 2.75) is 6.18 Å². The van der Waals surface area contributed by atoms with Gasteiger partial charge < -0.3 is 25.8 Å². The maximum Gasteiger partial charge on any atom is 0.417 e. The quantitative estimate of drug-likeness (QED) is 0.373. The van der Waals surface area contributed by atoms with Gasteiger partial charge in [-0.3, -0.25) is 9.78 Å². The van der Waals surface area contributed by atoms with E-state index in [2.05, 4.69) is 20.9 Å². The van der Waals surface area contributed by atoms with Crippen LogP contribution in [0.1, 0.15) is 16.1 Å². The molecule has 12 heteroatoms. The largest absolute Gasteiger partial charge is 0.457 e. The zero-order valence-corrected chi connectivity index (χ0v) is 18.1. The fraction of sp³-hybridized carbons (Fsp3) is 0.136. The van der Waals surface area contributed by atoms with E-state index in [4.69, 9.17) is 21.4 Å². The second kappa shape index (κ2) is 10.9. The molecule has 0 aliphatic heterocycles. The van der Waals surface area contributed by atoms with Gasteiger partial charge in [0.2, 0.25) is 0 Å². The number of carbonyl (C=O) groups is 2. The average Bonchev–Trinajstić information content (AvgIpc) is 2.79. The van der Waals surface area contributed by atoms with Crippen molar-refractivity contribution >= 4 is 34.9 Å². The molecule has 0 saturated carbocycles. The molecule has 0 atom stereocenters. The molecule has 0 saturated heterocycles. The Morgan fingerprint density at radius 1 is 0.971 bits per heavy atom. The highest BCUT2D eigenvalue weighted by molar-refractivity contribution is 6.31. The Hall–Kier alpha value is -3.83. The predicted molar refractivity (Wildman–Crippen MR) is 119 cm³/mol. The highest BCUT2D eigenvalue weighted by Gasteiger charge is 2.33. The first-order valence-corrected chi connectivity index (χ1v) is 10.1. The molecule has 3 aromatic rings. The summed E-state index contributed by atoms with van der Waals surface area (Å²) in [6.07, 6.45) is -3.26. The Balaban J connectivity index is 1.60. The average molecular weight is 495 g/mol. The minimum Gasteiger partial charge on any atom is -0.457 e. The summed E-state index contributed by atoms with van der Waals surface area (Å²) in [5, 5.41) is 15.6. The molecule has 2 aromatic carbocycles. The van der Waals surface area contributed by atoms with Crippen molar-refractivity contribution in [2.24, 2.45) is 0 Å². The second-order valence-corrected chi connectivity index (χ2v) is 7.16. The molecule has 0 aliphatic rings. The highest BCUT2D eigenvalue weighted by atomic mass is 35.5. The van der Waals surface area contributed by atoms with Crippen LogP contribution in [-0.2, 0) is 6.18 Å². The zero-order chi connectivity index (χ0) is 24.7. The smallest absolute Gasteiger partial charge is 0.417 e. The number of hydrogen-bond acceptors (Lipinski definition) is 5. The van der Waals surface area contributed by atoms with Gasteiger partial charge in [-0.2, -0.15) is 13.2 Å². The van der Waals surface area contributed by atoms with Gasteiger partial charge in [0.05, 0.1) is 17.2 Å². The molecular formula is C22H18ClF3N4O4. The third-order valence-electron chi connectivity index (χ3n) is 4.24. The summed E-state index contributed by atoms with van der Waals surface area (Å²) >= 11 is 5.57. The molecular weight excluding hydrogens is 477 g/mol. The number of carbonyl (C=O) groups excluding carboxylic acids is 2. The molecule has 8 nitrogen and oxygen atoms in total. The van der Waals surface area contributed by atoms with E-state index in [0.29, 0.717) is 17.2 Å². The number of ether oxygens (including phenoxy) is 1. The molecule has 0 radical (unpaired) electrons. The zero-order valence-electron chi connectivity index (χ0n) is 17.3. The van der Waals surface area contributed by atoms with Gasteiger partial charge in [0.15, 0.2) is 0 Å².